The minimum Gasteiger partial charge on any atom is -0.459 e. The molecule has 0 aliphatic carbocycles. The fraction of sp³-hybridized carbons (Fsp3) is 0.304. The third-order valence-electron chi connectivity index (χ3n) is 4.73. The molecule has 162 valence electrons. The van der Waals surface area contributed by atoms with Gasteiger partial charge in [-0.05, 0) is 62.4 Å². The van der Waals surface area contributed by atoms with Crippen LogP contribution in [0.15, 0.2) is 48.5 Å². The second-order valence-corrected chi connectivity index (χ2v) is 7.88. The van der Waals surface area contributed by atoms with Gasteiger partial charge in [0, 0.05) is 29.2 Å². The van der Waals surface area contributed by atoms with Gasteiger partial charge in [-0.2, -0.15) is 0 Å². The van der Waals surface area contributed by atoms with Crippen LogP contribution >= 0.6 is 11.6 Å². The number of anilines is 1. The minimum absolute atomic E-state index is 0.00882. The Morgan fingerprint density at radius 3 is 2.26 bits per heavy atom. The minimum atomic E-state index is -0.670. The summed E-state index contributed by atoms with van der Waals surface area (Å²) in [5, 5.41) is 0.503. The van der Waals surface area contributed by atoms with Crippen LogP contribution in [0.3, 0.4) is 0 Å². The summed E-state index contributed by atoms with van der Waals surface area (Å²) in [4.78, 5) is 50.3. The van der Waals surface area contributed by atoms with Crippen LogP contribution in [-0.4, -0.2) is 42.9 Å². The second kappa shape index (κ2) is 9.75. The van der Waals surface area contributed by atoms with Crippen molar-refractivity contribution in [2.45, 2.75) is 26.4 Å². The number of hydrogen-bond acceptors (Lipinski definition) is 6. The van der Waals surface area contributed by atoms with Crippen molar-refractivity contribution in [3.05, 3.63) is 64.7 Å². The summed E-state index contributed by atoms with van der Waals surface area (Å²) >= 11 is 5.80. The zero-order valence-electron chi connectivity index (χ0n) is 17.2. The highest BCUT2D eigenvalue weighted by Crippen LogP contribution is 2.26. The van der Waals surface area contributed by atoms with Gasteiger partial charge in [-0.1, -0.05) is 11.6 Å². The van der Waals surface area contributed by atoms with Crippen LogP contribution in [0.25, 0.3) is 0 Å². The molecule has 0 bridgehead atoms. The Morgan fingerprint density at radius 2 is 1.65 bits per heavy atom. The number of amides is 1. The highest BCUT2D eigenvalue weighted by atomic mass is 35.5. The number of nitrogens with zero attached hydrogens (tertiary/aromatic N) is 1. The Balaban J connectivity index is 1.56. The molecule has 31 heavy (non-hydrogen) atoms. The summed E-state index contributed by atoms with van der Waals surface area (Å²) in [6.45, 7) is 3.26. The van der Waals surface area contributed by atoms with Gasteiger partial charge >= 0.3 is 11.9 Å². The van der Waals surface area contributed by atoms with Crippen LogP contribution in [0.4, 0.5) is 5.69 Å². The van der Waals surface area contributed by atoms with E-state index in [4.69, 9.17) is 21.1 Å². The fourth-order valence-corrected chi connectivity index (χ4v) is 3.27. The van der Waals surface area contributed by atoms with E-state index < -0.39 is 24.5 Å². The lowest BCUT2D eigenvalue weighted by molar-refractivity contribution is -0.147. The van der Waals surface area contributed by atoms with E-state index in [-0.39, 0.29) is 30.8 Å². The second-order valence-electron chi connectivity index (χ2n) is 7.44. The number of halogens is 1. The summed E-state index contributed by atoms with van der Waals surface area (Å²) in [6, 6.07) is 12.7. The Kier molecular flexibility index (Phi) is 7.07. The molecule has 2 aromatic rings. The molecule has 1 amide bonds. The molecule has 1 fully saturated rings. The van der Waals surface area contributed by atoms with Crippen molar-refractivity contribution in [2.75, 3.05) is 18.1 Å². The van der Waals surface area contributed by atoms with Gasteiger partial charge in [-0.15, -0.1) is 0 Å². The number of carbonyl (C=O) groups excluding carboxylic acids is 4. The molecule has 7 nitrogen and oxygen atoms in total. The van der Waals surface area contributed by atoms with Gasteiger partial charge < -0.3 is 14.4 Å². The topological polar surface area (TPSA) is 90.0 Å². The number of ether oxygens (including phenoxy) is 2. The fourth-order valence-electron chi connectivity index (χ4n) is 3.15. The van der Waals surface area contributed by atoms with Gasteiger partial charge in [0.25, 0.3) is 0 Å². The van der Waals surface area contributed by atoms with Crippen molar-refractivity contribution in [2.24, 2.45) is 5.92 Å². The molecule has 1 heterocycles. The van der Waals surface area contributed by atoms with Gasteiger partial charge in [-0.3, -0.25) is 14.4 Å². The van der Waals surface area contributed by atoms with E-state index in [1.54, 1.807) is 62.4 Å². The molecule has 0 N–H and O–H groups in total. The van der Waals surface area contributed by atoms with E-state index in [2.05, 4.69) is 0 Å². The average molecular weight is 444 g/mol. The van der Waals surface area contributed by atoms with Gasteiger partial charge in [-0.25, -0.2) is 4.79 Å². The highest BCUT2D eigenvalue weighted by Gasteiger charge is 2.36. The number of benzene rings is 2. The number of carbonyl (C=O) groups is 4. The van der Waals surface area contributed by atoms with Crippen molar-refractivity contribution in [3.63, 3.8) is 0 Å². The molecule has 1 saturated heterocycles. The van der Waals surface area contributed by atoms with Crippen LogP contribution in [0.2, 0.25) is 5.02 Å². The SMILES string of the molecule is CC(C)OC(=O)c1ccc(N2CC(C(=O)OCC(=O)c3ccc(Cl)cc3)CC2=O)cc1. The maximum absolute atomic E-state index is 12.4. The van der Waals surface area contributed by atoms with Crippen LogP contribution in [0.5, 0.6) is 0 Å². The lowest BCUT2D eigenvalue weighted by Crippen LogP contribution is -2.27. The predicted octanol–water partition coefficient (Wildman–Crippen LogP) is 3.68. The Bertz CT molecular complexity index is 984. The summed E-state index contributed by atoms with van der Waals surface area (Å²) in [5.41, 5.74) is 1.33. The summed E-state index contributed by atoms with van der Waals surface area (Å²) < 4.78 is 10.3. The van der Waals surface area contributed by atoms with E-state index >= 15 is 0 Å². The third-order valence-corrected chi connectivity index (χ3v) is 4.98. The normalized spacial score (nSPS) is 15.8. The zero-order chi connectivity index (χ0) is 22.5. The lowest BCUT2D eigenvalue weighted by atomic mass is 10.1. The predicted molar refractivity (Wildman–Crippen MR) is 114 cm³/mol. The molecule has 1 unspecified atom stereocenters. The van der Waals surface area contributed by atoms with Crippen molar-refractivity contribution < 1.29 is 28.7 Å². The number of esters is 2. The van der Waals surface area contributed by atoms with Gasteiger partial charge in [0.1, 0.15) is 0 Å². The first-order valence-corrected chi connectivity index (χ1v) is 10.2. The number of rotatable bonds is 7. The van der Waals surface area contributed by atoms with Crippen molar-refractivity contribution in [1.29, 1.82) is 0 Å². The quantitative estimate of drug-likeness (QED) is 0.479. The molecule has 2 aromatic carbocycles. The van der Waals surface area contributed by atoms with E-state index in [9.17, 15) is 19.2 Å². The summed E-state index contributed by atoms with van der Waals surface area (Å²) in [6.07, 6.45) is -0.240. The molecular weight excluding hydrogens is 422 g/mol. The first-order valence-electron chi connectivity index (χ1n) is 9.81. The van der Waals surface area contributed by atoms with E-state index in [0.717, 1.165) is 0 Å². The molecule has 0 radical (unpaired) electrons. The molecule has 1 aliphatic rings. The van der Waals surface area contributed by atoms with Gasteiger partial charge in [0.2, 0.25) is 5.91 Å². The summed E-state index contributed by atoms with van der Waals surface area (Å²) in [7, 11) is 0. The van der Waals surface area contributed by atoms with Crippen molar-refractivity contribution in [1.82, 2.24) is 0 Å². The monoisotopic (exact) mass is 443 g/mol. The average Bonchev–Trinajstić information content (AvgIpc) is 3.13. The van der Waals surface area contributed by atoms with Crippen molar-refractivity contribution in [3.8, 4) is 0 Å². The third kappa shape index (κ3) is 5.70. The maximum atomic E-state index is 12.4. The van der Waals surface area contributed by atoms with E-state index in [1.165, 1.54) is 4.90 Å². The zero-order valence-corrected chi connectivity index (χ0v) is 17.9. The molecule has 0 aromatic heterocycles. The molecule has 1 atom stereocenters. The molecule has 8 heteroatoms. The first kappa shape index (κ1) is 22.5. The number of ketones is 1. The highest BCUT2D eigenvalue weighted by molar-refractivity contribution is 6.30. The molecule has 3 rings (SSSR count). The first-order chi connectivity index (χ1) is 14.7. The van der Waals surface area contributed by atoms with Crippen molar-refractivity contribution >= 4 is 40.9 Å². The smallest absolute Gasteiger partial charge is 0.338 e. The molecular formula is C23H22ClNO6. The molecule has 0 spiro atoms. The summed E-state index contributed by atoms with van der Waals surface area (Å²) in [5.74, 6) is -2.30. The Hall–Kier alpha value is -3.19. The Labute approximate surface area is 184 Å². The van der Waals surface area contributed by atoms with Crippen LogP contribution in [0.1, 0.15) is 41.0 Å². The standard InChI is InChI=1S/C23H22ClNO6/c1-14(2)31-23(29)16-5-9-19(10-6-16)25-12-17(11-21(25)27)22(28)30-13-20(26)15-3-7-18(24)8-4-15/h3-10,14,17H,11-13H2,1-2H3. The van der Waals surface area contributed by atoms with Crippen LogP contribution in [-0.2, 0) is 19.1 Å². The Morgan fingerprint density at radius 1 is 1.03 bits per heavy atom. The van der Waals surface area contributed by atoms with Crippen LogP contribution in [0, 0.1) is 5.92 Å². The van der Waals surface area contributed by atoms with E-state index in [1.807, 2.05) is 0 Å². The number of hydrogen-bond donors (Lipinski definition) is 0. The number of Topliss-reactive ketones (excluding diaryl/α,β-unsaturated/α-hetero) is 1. The largest absolute Gasteiger partial charge is 0.459 e. The van der Waals surface area contributed by atoms with Gasteiger partial charge in [0.05, 0.1) is 17.6 Å². The molecule has 0 saturated carbocycles. The maximum Gasteiger partial charge on any atom is 0.338 e. The van der Waals surface area contributed by atoms with E-state index in [0.29, 0.717) is 21.8 Å². The van der Waals surface area contributed by atoms with Gasteiger partial charge in [0.15, 0.2) is 12.4 Å². The molecule has 1 aliphatic heterocycles. The lowest BCUT2D eigenvalue weighted by Gasteiger charge is -2.17. The van der Waals surface area contributed by atoms with Crippen LogP contribution < -0.4 is 4.90 Å².